The molecule has 1 aromatic rings. The Balaban J connectivity index is 1.63. The number of fused-ring (bicyclic) bond motifs is 2. The van der Waals surface area contributed by atoms with Gasteiger partial charge in [-0.2, -0.15) is 0 Å². The number of benzene rings is 1. The van der Waals surface area contributed by atoms with Crippen LogP contribution in [0.3, 0.4) is 0 Å². The van der Waals surface area contributed by atoms with Gasteiger partial charge in [-0.05, 0) is 37.3 Å². The number of carbonyl (C=O) groups is 1. The smallest absolute Gasteiger partial charge is 0.227 e. The SMILES string of the molecule is CN(C(=O)Cc1ccccc1F)C1CC2CCC(C1)N2. The van der Waals surface area contributed by atoms with Crippen LogP contribution in [0.1, 0.15) is 31.2 Å². The van der Waals surface area contributed by atoms with Gasteiger partial charge in [0.1, 0.15) is 5.82 Å². The molecule has 3 rings (SSSR count). The molecular weight excluding hydrogens is 255 g/mol. The van der Waals surface area contributed by atoms with E-state index in [1.165, 1.54) is 18.9 Å². The Hall–Kier alpha value is -1.42. The van der Waals surface area contributed by atoms with Gasteiger partial charge >= 0.3 is 0 Å². The molecule has 2 atom stereocenters. The lowest BCUT2D eigenvalue weighted by Gasteiger charge is -2.35. The molecule has 2 fully saturated rings. The van der Waals surface area contributed by atoms with E-state index in [-0.39, 0.29) is 18.1 Å². The topological polar surface area (TPSA) is 32.3 Å². The molecule has 1 amide bonds. The zero-order valence-electron chi connectivity index (χ0n) is 11.8. The maximum absolute atomic E-state index is 13.6. The van der Waals surface area contributed by atoms with Crippen LogP contribution in [0.4, 0.5) is 4.39 Å². The fraction of sp³-hybridized carbons (Fsp3) is 0.562. The van der Waals surface area contributed by atoms with Crippen molar-refractivity contribution in [2.45, 2.75) is 50.2 Å². The summed E-state index contributed by atoms with van der Waals surface area (Å²) in [6, 6.07) is 7.94. The minimum atomic E-state index is -0.292. The highest BCUT2D eigenvalue weighted by Gasteiger charge is 2.36. The summed E-state index contributed by atoms with van der Waals surface area (Å²) >= 11 is 0. The fourth-order valence-corrected chi connectivity index (χ4v) is 3.48. The number of nitrogens with zero attached hydrogens (tertiary/aromatic N) is 1. The highest BCUT2D eigenvalue weighted by Crippen LogP contribution is 2.29. The minimum absolute atomic E-state index is 0.0152. The highest BCUT2D eigenvalue weighted by atomic mass is 19.1. The molecule has 3 nitrogen and oxygen atoms in total. The largest absolute Gasteiger partial charge is 0.342 e. The van der Waals surface area contributed by atoms with Gasteiger partial charge in [0.25, 0.3) is 0 Å². The number of hydrogen-bond acceptors (Lipinski definition) is 2. The number of carbonyl (C=O) groups excluding carboxylic acids is 1. The Morgan fingerprint density at radius 2 is 1.95 bits per heavy atom. The molecule has 20 heavy (non-hydrogen) atoms. The lowest BCUT2D eigenvalue weighted by atomic mass is 9.98. The van der Waals surface area contributed by atoms with Crippen LogP contribution in [0.5, 0.6) is 0 Å². The van der Waals surface area contributed by atoms with Gasteiger partial charge in [-0.25, -0.2) is 4.39 Å². The molecule has 2 bridgehead atoms. The molecule has 0 saturated carbocycles. The molecular formula is C16H21FN2O. The van der Waals surface area contributed by atoms with E-state index in [1.807, 2.05) is 11.9 Å². The zero-order chi connectivity index (χ0) is 14.1. The normalized spacial score (nSPS) is 28.4. The van der Waals surface area contributed by atoms with E-state index in [2.05, 4.69) is 5.32 Å². The zero-order valence-corrected chi connectivity index (χ0v) is 11.8. The van der Waals surface area contributed by atoms with Gasteiger partial charge in [0.2, 0.25) is 5.91 Å². The van der Waals surface area contributed by atoms with Crippen LogP contribution in [0.2, 0.25) is 0 Å². The van der Waals surface area contributed by atoms with Crippen molar-refractivity contribution >= 4 is 5.91 Å². The van der Waals surface area contributed by atoms with E-state index in [1.54, 1.807) is 18.2 Å². The number of rotatable bonds is 3. The first-order chi connectivity index (χ1) is 9.63. The Kier molecular flexibility index (Phi) is 3.74. The summed E-state index contributed by atoms with van der Waals surface area (Å²) in [7, 11) is 1.86. The lowest BCUT2D eigenvalue weighted by Crippen LogP contribution is -2.49. The van der Waals surface area contributed by atoms with Crippen molar-refractivity contribution < 1.29 is 9.18 Å². The number of hydrogen-bond donors (Lipinski definition) is 1. The number of amides is 1. The maximum atomic E-state index is 13.6. The molecule has 2 saturated heterocycles. The number of piperidine rings is 1. The highest BCUT2D eigenvalue weighted by molar-refractivity contribution is 5.78. The van der Waals surface area contributed by atoms with Gasteiger partial charge in [-0.1, -0.05) is 18.2 Å². The molecule has 1 aromatic carbocycles. The van der Waals surface area contributed by atoms with Crippen LogP contribution in [-0.2, 0) is 11.2 Å². The van der Waals surface area contributed by atoms with Crippen LogP contribution in [-0.4, -0.2) is 36.0 Å². The molecule has 0 radical (unpaired) electrons. The van der Waals surface area contributed by atoms with Crippen molar-refractivity contribution in [3.05, 3.63) is 35.6 Å². The number of nitrogens with one attached hydrogen (secondary N) is 1. The second-order valence-electron chi connectivity index (χ2n) is 6.04. The molecule has 2 unspecified atom stereocenters. The third kappa shape index (κ3) is 2.70. The van der Waals surface area contributed by atoms with Crippen LogP contribution >= 0.6 is 0 Å². The van der Waals surface area contributed by atoms with Crippen LogP contribution in [0, 0.1) is 5.82 Å². The quantitative estimate of drug-likeness (QED) is 0.917. The van der Waals surface area contributed by atoms with Crippen molar-refractivity contribution in [2.24, 2.45) is 0 Å². The van der Waals surface area contributed by atoms with Crippen molar-refractivity contribution in [1.82, 2.24) is 10.2 Å². The first kappa shape index (κ1) is 13.6. The van der Waals surface area contributed by atoms with Gasteiger partial charge in [0.05, 0.1) is 6.42 Å². The van der Waals surface area contributed by atoms with Crippen molar-refractivity contribution in [1.29, 1.82) is 0 Å². The Morgan fingerprint density at radius 3 is 2.60 bits per heavy atom. The summed E-state index contributed by atoms with van der Waals surface area (Å²) in [5, 5.41) is 3.57. The predicted molar refractivity (Wildman–Crippen MR) is 75.8 cm³/mol. The summed E-state index contributed by atoms with van der Waals surface area (Å²) < 4.78 is 13.6. The summed E-state index contributed by atoms with van der Waals surface area (Å²) in [4.78, 5) is 14.2. The Labute approximate surface area is 119 Å². The predicted octanol–water partition coefficient (Wildman–Crippen LogP) is 2.11. The summed E-state index contributed by atoms with van der Waals surface area (Å²) in [5.41, 5.74) is 0.487. The van der Waals surface area contributed by atoms with Crippen molar-refractivity contribution in [2.75, 3.05) is 7.05 Å². The van der Waals surface area contributed by atoms with E-state index in [4.69, 9.17) is 0 Å². The van der Waals surface area contributed by atoms with E-state index in [0.717, 1.165) is 12.8 Å². The Morgan fingerprint density at radius 1 is 1.30 bits per heavy atom. The molecule has 0 spiro atoms. The average molecular weight is 276 g/mol. The number of halogens is 1. The maximum Gasteiger partial charge on any atom is 0.227 e. The van der Waals surface area contributed by atoms with E-state index in [9.17, 15) is 9.18 Å². The molecule has 0 aromatic heterocycles. The molecule has 108 valence electrons. The fourth-order valence-electron chi connectivity index (χ4n) is 3.48. The van der Waals surface area contributed by atoms with E-state index < -0.39 is 0 Å². The standard InChI is InChI=1S/C16H21FN2O/c1-19(14-9-12-6-7-13(10-14)18-12)16(20)8-11-4-2-3-5-15(11)17/h2-5,12-14,18H,6-10H2,1H3. The first-order valence-corrected chi connectivity index (χ1v) is 7.38. The molecule has 2 aliphatic heterocycles. The lowest BCUT2D eigenvalue weighted by molar-refractivity contribution is -0.132. The average Bonchev–Trinajstić information content (AvgIpc) is 2.79. The van der Waals surface area contributed by atoms with Gasteiger partial charge in [-0.15, -0.1) is 0 Å². The summed E-state index contributed by atoms with van der Waals surface area (Å²) in [6.07, 6.45) is 4.64. The molecule has 4 heteroatoms. The van der Waals surface area contributed by atoms with Crippen LogP contribution in [0.25, 0.3) is 0 Å². The van der Waals surface area contributed by atoms with Gasteiger partial charge in [-0.3, -0.25) is 4.79 Å². The van der Waals surface area contributed by atoms with E-state index >= 15 is 0 Å². The first-order valence-electron chi connectivity index (χ1n) is 7.38. The minimum Gasteiger partial charge on any atom is -0.342 e. The van der Waals surface area contributed by atoms with Crippen LogP contribution < -0.4 is 5.32 Å². The monoisotopic (exact) mass is 276 g/mol. The van der Waals surface area contributed by atoms with Crippen molar-refractivity contribution in [3.63, 3.8) is 0 Å². The summed E-state index contributed by atoms with van der Waals surface area (Å²) in [6.45, 7) is 0. The van der Waals surface area contributed by atoms with Gasteiger partial charge in [0, 0.05) is 25.2 Å². The molecule has 2 heterocycles. The molecule has 2 aliphatic rings. The molecule has 1 N–H and O–H groups in total. The Bertz CT molecular complexity index is 493. The van der Waals surface area contributed by atoms with Crippen LogP contribution in [0.15, 0.2) is 24.3 Å². The van der Waals surface area contributed by atoms with Gasteiger partial charge < -0.3 is 10.2 Å². The third-order valence-corrected chi connectivity index (χ3v) is 4.69. The second kappa shape index (κ2) is 5.52. The third-order valence-electron chi connectivity index (χ3n) is 4.69. The summed E-state index contributed by atoms with van der Waals surface area (Å²) in [5.74, 6) is -0.277. The number of likely N-dealkylation sites (N-methyl/N-ethyl adjacent to an activating group) is 1. The molecule has 0 aliphatic carbocycles. The second-order valence-corrected chi connectivity index (χ2v) is 6.04. The van der Waals surface area contributed by atoms with Crippen molar-refractivity contribution in [3.8, 4) is 0 Å². The van der Waals surface area contributed by atoms with E-state index in [0.29, 0.717) is 23.7 Å². The van der Waals surface area contributed by atoms with Gasteiger partial charge in [0.15, 0.2) is 0 Å².